The fourth-order valence-electron chi connectivity index (χ4n) is 2.07. The highest BCUT2D eigenvalue weighted by Crippen LogP contribution is 2.27. The van der Waals surface area contributed by atoms with Crippen molar-refractivity contribution in [2.24, 2.45) is 0 Å². The van der Waals surface area contributed by atoms with E-state index in [1.165, 1.54) is 0 Å². The summed E-state index contributed by atoms with van der Waals surface area (Å²) in [4.78, 5) is 6.87. The standard InChI is InChI=1S/C14H12N2O/c17-14(13-8-15-9-16-13)12-7-3-5-10-4-1-2-6-11(10)12/h1-9,14,17H,(H,15,16). The fraction of sp³-hybridized carbons (Fsp3) is 0.0714. The number of hydrogen-bond donors (Lipinski definition) is 2. The quantitative estimate of drug-likeness (QED) is 0.703. The number of aliphatic hydroxyl groups excluding tert-OH is 1. The fourth-order valence-corrected chi connectivity index (χ4v) is 2.07. The summed E-state index contributed by atoms with van der Waals surface area (Å²) in [5.74, 6) is 0. The average Bonchev–Trinajstić information content (AvgIpc) is 2.91. The van der Waals surface area contributed by atoms with E-state index in [1.54, 1.807) is 12.5 Å². The van der Waals surface area contributed by atoms with Crippen LogP contribution in [-0.4, -0.2) is 15.1 Å². The van der Waals surface area contributed by atoms with Crippen molar-refractivity contribution in [1.29, 1.82) is 0 Å². The lowest BCUT2D eigenvalue weighted by atomic mass is 9.99. The SMILES string of the molecule is OC(c1cnc[nH]1)c1cccc2ccccc12. The molecule has 1 unspecified atom stereocenters. The monoisotopic (exact) mass is 224 g/mol. The van der Waals surface area contributed by atoms with Crippen LogP contribution in [0.1, 0.15) is 17.4 Å². The summed E-state index contributed by atoms with van der Waals surface area (Å²) in [5.41, 5.74) is 1.61. The van der Waals surface area contributed by atoms with Gasteiger partial charge in [-0.25, -0.2) is 4.98 Å². The third-order valence-electron chi connectivity index (χ3n) is 2.93. The molecule has 3 aromatic rings. The Kier molecular flexibility index (Phi) is 2.38. The van der Waals surface area contributed by atoms with Crippen LogP contribution in [0.2, 0.25) is 0 Å². The molecule has 0 aliphatic carbocycles. The lowest BCUT2D eigenvalue weighted by molar-refractivity contribution is 0.217. The molecule has 0 saturated carbocycles. The molecule has 0 aliphatic rings. The van der Waals surface area contributed by atoms with Gasteiger partial charge in [-0.1, -0.05) is 42.5 Å². The molecule has 17 heavy (non-hydrogen) atoms. The smallest absolute Gasteiger partial charge is 0.121 e. The van der Waals surface area contributed by atoms with Crippen LogP contribution >= 0.6 is 0 Å². The Morgan fingerprint density at radius 3 is 2.71 bits per heavy atom. The molecule has 0 saturated heterocycles. The van der Waals surface area contributed by atoms with E-state index in [4.69, 9.17) is 0 Å². The molecule has 2 N–H and O–H groups in total. The lowest BCUT2D eigenvalue weighted by Gasteiger charge is -2.11. The van der Waals surface area contributed by atoms with Crippen molar-refractivity contribution < 1.29 is 5.11 Å². The van der Waals surface area contributed by atoms with Crippen LogP contribution in [0.5, 0.6) is 0 Å². The molecule has 3 heteroatoms. The number of nitrogens with zero attached hydrogens (tertiary/aromatic N) is 1. The minimum absolute atomic E-state index is 0.663. The molecule has 0 bridgehead atoms. The number of aromatic nitrogens is 2. The molecule has 84 valence electrons. The highest BCUT2D eigenvalue weighted by atomic mass is 16.3. The topological polar surface area (TPSA) is 48.9 Å². The van der Waals surface area contributed by atoms with Crippen molar-refractivity contribution in [2.75, 3.05) is 0 Å². The van der Waals surface area contributed by atoms with E-state index in [2.05, 4.69) is 9.97 Å². The first-order valence-electron chi connectivity index (χ1n) is 5.50. The van der Waals surface area contributed by atoms with Gasteiger partial charge in [0.15, 0.2) is 0 Å². The van der Waals surface area contributed by atoms with Gasteiger partial charge in [0.2, 0.25) is 0 Å². The molecule has 1 atom stereocenters. The van der Waals surface area contributed by atoms with Crippen LogP contribution in [0.3, 0.4) is 0 Å². The third-order valence-corrected chi connectivity index (χ3v) is 2.93. The molecular weight excluding hydrogens is 212 g/mol. The van der Waals surface area contributed by atoms with Gasteiger partial charge in [-0.3, -0.25) is 0 Å². The van der Waals surface area contributed by atoms with Gasteiger partial charge in [0.25, 0.3) is 0 Å². The number of hydrogen-bond acceptors (Lipinski definition) is 2. The Bertz CT molecular complexity index is 626. The van der Waals surface area contributed by atoms with Crippen LogP contribution < -0.4 is 0 Å². The highest BCUT2D eigenvalue weighted by Gasteiger charge is 2.13. The van der Waals surface area contributed by atoms with Crippen molar-refractivity contribution >= 4 is 10.8 Å². The largest absolute Gasteiger partial charge is 0.382 e. The molecular formula is C14H12N2O. The number of nitrogens with one attached hydrogen (secondary N) is 1. The minimum Gasteiger partial charge on any atom is -0.382 e. The summed E-state index contributed by atoms with van der Waals surface area (Å²) in [6, 6.07) is 14.0. The van der Waals surface area contributed by atoms with Crippen LogP contribution in [0.25, 0.3) is 10.8 Å². The number of rotatable bonds is 2. The Morgan fingerprint density at radius 2 is 1.88 bits per heavy atom. The van der Waals surface area contributed by atoms with Crippen LogP contribution in [0.4, 0.5) is 0 Å². The second kappa shape index (κ2) is 4.03. The summed E-state index contributed by atoms with van der Waals surface area (Å²) in [6.45, 7) is 0. The van der Waals surface area contributed by atoms with Crippen molar-refractivity contribution in [3.05, 3.63) is 66.2 Å². The van der Waals surface area contributed by atoms with E-state index in [-0.39, 0.29) is 0 Å². The van der Waals surface area contributed by atoms with Crippen LogP contribution in [-0.2, 0) is 0 Å². The minimum atomic E-state index is -0.663. The molecule has 0 amide bonds. The molecule has 2 aromatic carbocycles. The van der Waals surface area contributed by atoms with E-state index in [0.29, 0.717) is 5.69 Å². The van der Waals surface area contributed by atoms with E-state index in [0.717, 1.165) is 16.3 Å². The van der Waals surface area contributed by atoms with E-state index >= 15 is 0 Å². The van der Waals surface area contributed by atoms with E-state index in [1.807, 2.05) is 42.5 Å². The summed E-state index contributed by atoms with van der Waals surface area (Å²) in [7, 11) is 0. The number of H-pyrrole nitrogens is 1. The number of imidazole rings is 1. The Morgan fingerprint density at radius 1 is 1.06 bits per heavy atom. The normalized spacial score (nSPS) is 12.8. The predicted molar refractivity (Wildman–Crippen MR) is 66.6 cm³/mol. The van der Waals surface area contributed by atoms with Crippen molar-refractivity contribution in [2.45, 2.75) is 6.10 Å². The van der Waals surface area contributed by atoms with E-state index < -0.39 is 6.10 Å². The second-order valence-electron chi connectivity index (χ2n) is 3.98. The molecule has 3 rings (SSSR count). The molecule has 3 nitrogen and oxygen atoms in total. The maximum absolute atomic E-state index is 10.3. The maximum Gasteiger partial charge on any atom is 0.121 e. The number of fused-ring (bicyclic) bond motifs is 1. The van der Waals surface area contributed by atoms with Gasteiger partial charge >= 0.3 is 0 Å². The zero-order valence-electron chi connectivity index (χ0n) is 9.17. The zero-order valence-corrected chi connectivity index (χ0v) is 9.17. The van der Waals surface area contributed by atoms with Gasteiger partial charge in [-0.05, 0) is 16.3 Å². The van der Waals surface area contributed by atoms with Gasteiger partial charge < -0.3 is 10.1 Å². The first-order chi connectivity index (χ1) is 8.36. The molecule has 0 spiro atoms. The summed E-state index contributed by atoms with van der Waals surface area (Å²) in [5, 5.41) is 12.5. The first-order valence-corrected chi connectivity index (χ1v) is 5.50. The zero-order chi connectivity index (χ0) is 11.7. The lowest BCUT2D eigenvalue weighted by Crippen LogP contribution is -2.00. The summed E-state index contributed by atoms with van der Waals surface area (Å²) >= 11 is 0. The number of aliphatic hydroxyl groups is 1. The first kappa shape index (κ1) is 10.1. The molecule has 0 radical (unpaired) electrons. The molecule has 1 aromatic heterocycles. The summed E-state index contributed by atoms with van der Waals surface area (Å²) in [6.07, 6.45) is 2.56. The average molecular weight is 224 g/mol. The maximum atomic E-state index is 10.3. The summed E-state index contributed by atoms with van der Waals surface area (Å²) < 4.78 is 0. The Balaban J connectivity index is 2.17. The molecule has 0 aliphatic heterocycles. The second-order valence-corrected chi connectivity index (χ2v) is 3.98. The van der Waals surface area contributed by atoms with E-state index in [9.17, 15) is 5.11 Å². The van der Waals surface area contributed by atoms with Crippen molar-refractivity contribution in [3.8, 4) is 0 Å². The van der Waals surface area contributed by atoms with Gasteiger partial charge in [-0.2, -0.15) is 0 Å². The molecule has 0 fully saturated rings. The van der Waals surface area contributed by atoms with Gasteiger partial charge in [0.05, 0.1) is 18.2 Å². The van der Waals surface area contributed by atoms with Crippen LogP contribution in [0, 0.1) is 0 Å². The van der Waals surface area contributed by atoms with Gasteiger partial charge in [0, 0.05) is 0 Å². The number of aromatic amines is 1. The third kappa shape index (κ3) is 1.70. The highest BCUT2D eigenvalue weighted by molar-refractivity contribution is 5.86. The van der Waals surface area contributed by atoms with Crippen molar-refractivity contribution in [1.82, 2.24) is 9.97 Å². The predicted octanol–water partition coefficient (Wildman–Crippen LogP) is 2.64. The van der Waals surface area contributed by atoms with Gasteiger partial charge in [-0.15, -0.1) is 0 Å². The number of benzene rings is 2. The van der Waals surface area contributed by atoms with Crippen molar-refractivity contribution in [3.63, 3.8) is 0 Å². The molecule has 1 heterocycles. The van der Waals surface area contributed by atoms with Gasteiger partial charge in [0.1, 0.15) is 6.10 Å². The Labute approximate surface area is 98.8 Å². The van der Waals surface area contributed by atoms with Crippen LogP contribution in [0.15, 0.2) is 55.0 Å². The Hall–Kier alpha value is -2.13.